The molecule has 0 aliphatic heterocycles. The van der Waals surface area contributed by atoms with E-state index >= 15 is 0 Å². The van der Waals surface area contributed by atoms with Gasteiger partial charge in [0.25, 0.3) is 0 Å². The lowest BCUT2D eigenvalue weighted by Gasteiger charge is -2.21. The van der Waals surface area contributed by atoms with Gasteiger partial charge >= 0.3 is 0 Å². The minimum atomic E-state index is -3.64. The monoisotopic (exact) mass is 285 g/mol. The third-order valence-electron chi connectivity index (χ3n) is 2.65. The molecule has 0 fully saturated rings. The van der Waals surface area contributed by atoms with Gasteiger partial charge in [0.1, 0.15) is 0 Å². The number of hydrogen-bond acceptors (Lipinski definition) is 4. The number of rotatable bonds is 6. The molecule has 0 amide bonds. The van der Waals surface area contributed by atoms with Crippen molar-refractivity contribution in [3.63, 3.8) is 0 Å². The number of nitrogens with zero attached hydrogens (tertiary/aromatic N) is 2. The molecule has 0 aliphatic carbocycles. The lowest BCUT2D eigenvalue weighted by Crippen LogP contribution is -2.39. The summed E-state index contributed by atoms with van der Waals surface area (Å²) in [7, 11) is -3.64. The molecule has 0 aliphatic rings. The minimum absolute atomic E-state index is 0.124. The number of benzene rings is 1. The SMILES string of the molecule is CCCN(CC(N)=NO)S(=O)(=O)c1ccccc1C. The van der Waals surface area contributed by atoms with Gasteiger partial charge < -0.3 is 10.9 Å². The van der Waals surface area contributed by atoms with E-state index in [9.17, 15) is 8.42 Å². The molecule has 7 heteroatoms. The van der Waals surface area contributed by atoms with E-state index in [-0.39, 0.29) is 17.3 Å². The van der Waals surface area contributed by atoms with Gasteiger partial charge in [0, 0.05) is 6.54 Å². The predicted octanol–water partition coefficient (Wildman–Crippen LogP) is 1.14. The Balaban J connectivity index is 3.17. The molecule has 19 heavy (non-hydrogen) atoms. The second-order valence-electron chi connectivity index (χ2n) is 4.20. The summed E-state index contributed by atoms with van der Waals surface area (Å²) >= 11 is 0. The van der Waals surface area contributed by atoms with Gasteiger partial charge in [-0.25, -0.2) is 8.42 Å². The highest BCUT2D eigenvalue weighted by Crippen LogP contribution is 2.19. The van der Waals surface area contributed by atoms with Crippen molar-refractivity contribution in [1.82, 2.24) is 4.31 Å². The number of amidine groups is 1. The highest BCUT2D eigenvalue weighted by atomic mass is 32.2. The first kappa shape index (κ1) is 15.5. The first-order valence-electron chi connectivity index (χ1n) is 5.95. The Morgan fingerprint density at radius 3 is 2.58 bits per heavy atom. The first-order valence-corrected chi connectivity index (χ1v) is 7.39. The fourth-order valence-electron chi connectivity index (χ4n) is 1.73. The van der Waals surface area contributed by atoms with Crippen molar-refractivity contribution in [1.29, 1.82) is 0 Å². The number of aryl methyl sites for hydroxylation is 1. The van der Waals surface area contributed by atoms with E-state index in [2.05, 4.69) is 5.16 Å². The molecule has 106 valence electrons. The number of nitrogens with two attached hydrogens (primary N) is 1. The Kier molecular flexibility index (Phi) is 5.31. The normalized spacial score (nSPS) is 12.9. The summed E-state index contributed by atoms with van der Waals surface area (Å²) < 4.78 is 26.3. The highest BCUT2D eigenvalue weighted by Gasteiger charge is 2.25. The first-order chi connectivity index (χ1) is 8.93. The van der Waals surface area contributed by atoms with Gasteiger partial charge in [0.15, 0.2) is 5.84 Å². The average Bonchev–Trinajstić information content (AvgIpc) is 2.38. The second-order valence-corrected chi connectivity index (χ2v) is 6.10. The molecule has 0 atom stereocenters. The zero-order valence-electron chi connectivity index (χ0n) is 11.1. The zero-order valence-corrected chi connectivity index (χ0v) is 11.9. The smallest absolute Gasteiger partial charge is 0.243 e. The Bertz CT molecular complexity index is 555. The largest absolute Gasteiger partial charge is 0.409 e. The molecule has 1 aromatic carbocycles. The van der Waals surface area contributed by atoms with E-state index in [1.807, 2.05) is 6.92 Å². The summed E-state index contributed by atoms with van der Waals surface area (Å²) in [6.07, 6.45) is 0.643. The molecule has 0 saturated carbocycles. The molecule has 0 aromatic heterocycles. The van der Waals surface area contributed by atoms with E-state index in [0.717, 1.165) is 0 Å². The molecule has 1 aromatic rings. The van der Waals surface area contributed by atoms with Crippen LogP contribution in [0.3, 0.4) is 0 Å². The van der Waals surface area contributed by atoms with Crippen LogP contribution in [-0.2, 0) is 10.0 Å². The van der Waals surface area contributed by atoms with Crippen molar-refractivity contribution in [2.45, 2.75) is 25.2 Å². The van der Waals surface area contributed by atoms with Gasteiger partial charge in [-0.1, -0.05) is 30.3 Å². The molecular formula is C12H19N3O3S. The van der Waals surface area contributed by atoms with E-state index in [1.165, 1.54) is 4.31 Å². The third kappa shape index (κ3) is 3.68. The Labute approximate surface area is 113 Å². The maximum atomic E-state index is 12.5. The summed E-state index contributed by atoms with van der Waals surface area (Å²) in [6.45, 7) is 3.79. The average molecular weight is 285 g/mol. The van der Waals surface area contributed by atoms with Crippen LogP contribution in [0, 0.1) is 6.92 Å². The van der Waals surface area contributed by atoms with Crippen molar-refractivity contribution >= 4 is 15.9 Å². The molecule has 1 rings (SSSR count). The lowest BCUT2D eigenvalue weighted by atomic mass is 10.2. The van der Waals surface area contributed by atoms with E-state index in [4.69, 9.17) is 10.9 Å². The van der Waals surface area contributed by atoms with Crippen LogP contribution in [0.5, 0.6) is 0 Å². The summed E-state index contributed by atoms with van der Waals surface area (Å²) in [5.41, 5.74) is 6.08. The molecule has 0 bridgehead atoms. The number of hydrogen-bond donors (Lipinski definition) is 2. The fourth-order valence-corrected chi connectivity index (χ4v) is 3.46. The van der Waals surface area contributed by atoms with Crippen LogP contribution >= 0.6 is 0 Å². The maximum Gasteiger partial charge on any atom is 0.243 e. The summed E-state index contributed by atoms with van der Waals surface area (Å²) in [5.74, 6) is -0.134. The fraction of sp³-hybridized carbons (Fsp3) is 0.417. The van der Waals surface area contributed by atoms with Gasteiger partial charge in [-0.15, -0.1) is 0 Å². The van der Waals surface area contributed by atoms with Crippen LogP contribution in [0.1, 0.15) is 18.9 Å². The van der Waals surface area contributed by atoms with Crippen molar-refractivity contribution in [2.24, 2.45) is 10.9 Å². The van der Waals surface area contributed by atoms with Gasteiger partial charge in [-0.2, -0.15) is 4.31 Å². The molecule has 0 spiro atoms. The third-order valence-corrected chi connectivity index (χ3v) is 4.66. The van der Waals surface area contributed by atoms with E-state index < -0.39 is 10.0 Å². The number of oxime groups is 1. The van der Waals surface area contributed by atoms with Crippen LogP contribution in [0.4, 0.5) is 0 Å². The minimum Gasteiger partial charge on any atom is -0.409 e. The predicted molar refractivity (Wildman–Crippen MR) is 73.6 cm³/mol. The van der Waals surface area contributed by atoms with E-state index in [1.54, 1.807) is 31.2 Å². The highest BCUT2D eigenvalue weighted by molar-refractivity contribution is 7.89. The summed E-state index contributed by atoms with van der Waals surface area (Å²) in [5, 5.41) is 11.4. The molecule has 0 radical (unpaired) electrons. The second kappa shape index (κ2) is 6.53. The van der Waals surface area contributed by atoms with Crippen LogP contribution < -0.4 is 5.73 Å². The van der Waals surface area contributed by atoms with Crippen LogP contribution in [0.15, 0.2) is 34.3 Å². The van der Waals surface area contributed by atoms with Gasteiger partial charge in [0.2, 0.25) is 10.0 Å². The van der Waals surface area contributed by atoms with Crippen molar-refractivity contribution < 1.29 is 13.6 Å². The van der Waals surface area contributed by atoms with Crippen LogP contribution in [-0.4, -0.2) is 36.9 Å². The summed E-state index contributed by atoms with van der Waals surface area (Å²) in [6, 6.07) is 6.75. The summed E-state index contributed by atoms with van der Waals surface area (Å²) in [4.78, 5) is 0.245. The van der Waals surface area contributed by atoms with Crippen LogP contribution in [0.25, 0.3) is 0 Å². The van der Waals surface area contributed by atoms with E-state index in [0.29, 0.717) is 18.5 Å². The van der Waals surface area contributed by atoms with Crippen molar-refractivity contribution in [3.05, 3.63) is 29.8 Å². The molecule has 0 heterocycles. The maximum absolute atomic E-state index is 12.5. The molecular weight excluding hydrogens is 266 g/mol. The molecule has 0 unspecified atom stereocenters. The van der Waals surface area contributed by atoms with Crippen molar-refractivity contribution in [3.8, 4) is 0 Å². The Hall–Kier alpha value is -1.60. The molecule has 0 saturated heterocycles. The lowest BCUT2D eigenvalue weighted by molar-refractivity contribution is 0.314. The van der Waals surface area contributed by atoms with Crippen molar-refractivity contribution in [2.75, 3.05) is 13.1 Å². The van der Waals surface area contributed by atoms with Gasteiger partial charge in [-0.3, -0.25) is 0 Å². The Morgan fingerprint density at radius 2 is 2.05 bits per heavy atom. The number of sulfonamides is 1. The van der Waals surface area contributed by atoms with Gasteiger partial charge in [0.05, 0.1) is 11.4 Å². The Morgan fingerprint density at radius 1 is 1.42 bits per heavy atom. The topological polar surface area (TPSA) is 96.0 Å². The van der Waals surface area contributed by atoms with Gasteiger partial charge in [-0.05, 0) is 25.0 Å². The quantitative estimate of drug-likeness (QED) is 0.354. The molecule has 3 N–H and O–H groups in total. The zero-order chi connectivity index (χ0) is 14.5. The standard InChI is InChI=1S/C12H19N3O3S/c1-3-8-15(9-12(13)14-16)19(17,18)11-7-5-4-6-10(11)2/h4-7,16H,3,8-9H2,1-2H3,(H2,13,14). The van der Waals surface area contributed by atoms with Crippen LogP contribution in [0.2, 0.25) is 0 Å². The molecule has 6 nitrogen and oxygen atoms in total.